The van der Waals surface area contributed by atoms with E-state index in [0.29, 0.717) is 5.69 Å². The first-order chi connectivity index (χ1) is 14.2. The summed E-state index contributed by atoms with van der Waals surface area (Å²) < 4.78 is 59.1. The SMILES string of the molecule is Cc1cc(C(=O)N2CCN(S(=O)(=O)c3ccc(S(=O)(=O)NC4CC4)cc3)CC2)on1. The van der Waals surface area contributed by atoms with Gasteiger partial charge in [-0.15, -0.1) is 0 Å². The summed E-state index contributed by atoms with van der Waals surface area (Å²) >= 11 is 0. The summed E-state index contributed by atoms with van der Waals surface area (Å²) in [4.78, 5) is 14.0. The Kier molecular flexibility index (Phi) is 5.43. The van der Waals surface area contributed by atoms with Gasteiger partial charge >= 0.3 is 0 Å². The van der Waals surface area contributed by atoms with Gasteiger partial charge in [-0.1, -0.05) is 5.16 Å². The number of carbonyl (C=O) groups is 1. The highest BCUT2D eigenvalue weighted by Gasteiger charge is 2.32. The highest BCUT2D eigenvalue weighted by Crippen LogP contribution is 2.24. The number of nitrogens with zero attached hydrogens (tertiary/aromatic N) is 3. The van der Waals surface area contributed by atoms with E-state index in [0.717, 1.165) is 12.8 Å². The van der Waals surface area contributed by atoms with Crippen molar-refractivity contribution >= 4 is 26.0 Å². The van der Waals surface area contributed by atoms with Crippen LogP contribution in [0.15, 0.2) is 44.6 Å². The molecule has 162 valence electrons. The second kappa shape index (κ2) is 7.76. The van der Waals surface area contributed by atoms with Crippen LogP contribution in [0, 0.1) is 6.92 Å². The van der Waals surface area contributed by atoms with Crippen LogP contribution in [0.4, 0.5) is 0 Å². The molecule has 10 nitrogen and oxygen atoms in total. The minimum absolute atomic E-state index is 0.0125. The van der Waals surface area contributed by atoms with E-state index in [1.54, 1.807) is 13.0 Å². The van der Waals surface area contributed by atoms with E-state index < -0.39 is 20.0 Å². The van der Waals surface area contributed by atoms with Crippen molar-refractivity contribution in [2.75, 3.05) is 26.2 Å². The van der Waals surface area contributed by atoms with Gasteiger partial charge < -0.3 is 9.42 Å². The topological polar surface area (TPSA) is 130 Å². The first-order valence-electron chi connectivity index (χ1n) is 9.52. The van der Waals surface area contributed by atoms with Gasteiger partial charge in [0.05, 0.1) is 15.5 Å². The van der Waals surface area contributed by atoms with Crippen LogP contribution in [0.1, 0.15) is 29.1 Å². The van der Waals surface area contributed by atoms with Crippen molar-refractivity contribution in [2.45, 2.75) is 35.6 Å². The lowest BCUT2D eigenvalue weighted by molar-refractivity contribution is 0.0656. The van der Waals surface area contributed by atoms with Crippen LogP contribution in [-0.4, -0.2) is 69.3 Å². The molecule has 0 bridgehead atoms. The molecule has 12 heteroatoms. The maximum Gasteiger partial charge on any atom is 0.292 e. The number of carbonyl (C=O) groups excluding carboxylic acids is 1. The number of benzene rings is 1. The van der Waals surface area contributed by atoms with Crippen LogP contribution in [0.5, 0.6) is 0 Å². The molecule has 0 spiro atoms. The molecule has 0 radical (unpaired) electrons. The first kappa shape index (κ1) is 21.0. The molecule has 2 aromatic rings. The fraction of sp³-hybridized carbons (Fsp3) is 0.444. The Labute approximate surface area is 174 Å². The van der Waals surface area contributed by atoms with Crippen molar-refractivity contribution in [2.24, 2.45) is 0 Å². The van der Waals surface area contributed by atoms with E-state index in [1.807, 2.05) is 0 Å². The molecular weight excluding hydrogens is 432 g/mol. The Morgan fingerprint density at radius 1 is 1.03 bits per heavy atom. The molecule has 0 atom stereocenters. The summed E-state index contributed by atoms with van der Waals surface area (Å²) in [6.45, 7) is 2.41. The van der Waals surface area contributed by atoms with Crippen LogP contribution in [0.2, 0.25) is 0 Å². The molecule has 2 heterocycles. The second-order valence-electron chi connectivity index (χ2n) is 7.40. The van der Waals surface area contributed by atoms with Gasteiger partial charge in [-0.2, -0.15) is 4.31 Å². The molecular formula is C18H22N4O6S2. The Morgan fingerprint density at radius 2 is 1.63 bits per heavy atom. The van der Waals surface area contributed by atoms with E-state index in [2.05, 4.69) is 9.88 Å². The second-order valence-corrected chi connectivity index (χ2v) is 11.0. The van der Waals surface area contributed by atoms with E-state index >= 15 is 0 Å². The fourth-order valence-electron chi connectivity index (χ4n) is 3.18. The smallest absolute Gasteiger partial charge is 0.292 e. The Morgan fingerprint density at radius 3 is 2.17 bits per heavy atom. The zero-order valence-corrected chi connectivity index (χ0v) is 17.9. The number of aromatic nitrogens is 1. The van der Waals surface area contributed by atoms with Crippen LogP contribution in [0.25, 0.3) is 0 Å². The lowest BCUT2D eigenvalue weighted by Crippen LogP contribution is -2.50. The van der Waals surface area contributed by atoms with E-state index in [1.165, 1.54) is 33.5 Å². The molecule has 1 N–H and O–H groups in total. The zero-order chi connectivity index (χ0) is 21.5. The van der Waals surface area contributed by atoms with Gasteiger partial charge in [-0.3, -0.25) is 4.79 Å². The third kappa shape index (κ3) is 4.26. The summed E-state index contributed by atoms with van der Waals surface area (Å²) in [5.41, 5.74) is 0.595. The predicted molar refractivity (Wildman–Crippen MR) is 106 cm³/mol. The van der Waals surface area contributed by atoms with Gasteiger partial charge in [-0.05, 0) is 44.0 Å². The molecule has 2 aliphatic rings. The van der Waals surface area contributed by atoms with Crippen LogP contribution < -0.4 is 4.72 Å². The largest absolute Gasteiger partial charge is 0.351 e. The summed E-state index contributed by atoms with van der Waals surface area (Å²) in [7, 11) is -7.44. The van der Waals surface area contributed by atoms with Crippen molar-refractivity contribution < 1.29 is 26.2 Å². The molecule has 1 aliphatic carbocycles. The molecule has 0 unspecified atom stereocenters. The summed E-state index contributed by atoms with van der Waals surface area (Å²) in [6.07, 6.45) is 1.63. The van der Waals surface area contributed by atoms with Crippen molar-refractivity contribution in [1.29, 1.82) is 0 Å². The van der Waals surface area contributed by atoms with Gasteiger partial charge in [-0.25, -0.2) is 21.6 Å². The Bertz CT molecular complexity index is 1150. The number of amides is 1. The molecule has 1 saturated carbocycles. The highest BCUT2D eigenvalue weighted by molar-refractivity contribution is 7.89. The zero-order valence-electron chi connectivity index (χ0n) is 16.3. The minimum Gasteiger partial charge on any atom is -0.351 e. The van der Waals surface area contributed by atoms with Gasteiger partial charge in [0.2, 0.25) is 25.8 Å². The quantitative estimate of drug-likeness (QED) is 0.675. The summed E-state index contributed by atoms with van der Waals surface area (Å²) in [5.74, 6) is -0.203. The number of piperazine rings is 1. The number of aryl methyl sites for hydroxylation is 1. The molecule has 30 heavy (non-hydrogen) atoms. The molecule has 1 aromatic heterocycles. The third-order valence-electron chi connectivity index (χ3n) is 5.04. The van der Waals surface area contributed by atoms with E-state index in [-0.39, 0.29) is 53.7 Å². The van der Waals surface area contributed by atoms with Gasteiger partial charge in [0.25, 0.3) is 5.91 Å². The lowest BCUT2D eigenvalue weighted by Gasteiger charge is -2.33. The van der Waals surface area contributed by atoms with Crippen LogP contribution in [0.3, 0.4) is 0 Å². The molecule has 2 fully saturated rings. The lowest BCUT2D eigenvalue weighted by atomic mass is 10.3. The number of nitrogens with one attached hydrogen (secondary N) is 1. The van der Waals surface area contributed by atoms with Crippen molar-refractivity contribution in [3.05, 3.63) is 41.8 Å². The molecule has 1 aromatic carbocycles. The van der Waals surface area contributed by atoms with Crippen molar-refractivity contribution in [3.63, 3.8) is 0 Å². The molecule has 1 amide bonds. The van der Waals surface area contributed by atoms with Gasteiger partial charge in [0.15, 0.2) is 0 Å². The molecule has 1 aliphatic heterocycles. The minimum atomic E-state index is -3.80. The maximum atomic E-state index is 12.9. The highest BCUT2D eigenvalue weighted by atomic mass is 32.2. The molecule has 4 rings (SSSR count). The predicted octanol–water partition coefficient (Wildman–Crippen LogP) is 0.570. The maximum absolute atomic E-state index is 12.9. The van der Waals surface area contributed by atoms with Gasteiger partial charge in [0.1, 0.15) is 0 Å². The monoisotopic (exact) mass is 454 g/mol. The van der Waals surface area contributed by atoms with Crippen molar-refractivity contribution in [3.8, 4) is 0 Å². The fourth-order valence-corrected chi connectivity index (χ4v) is 5.91. The Balaban J connectivity index is 1.42. The van der Waals surface area contributed by atoms with Crippen LogP contribution in [-0.2, 0) is 20.0 Å². The number of rotatable bonds is 6. The van der Waals surface area contributed by atoms with E-state index in [9.17, 15) is 21.6 Å². The summed E-state index contributed by atoms with van der Waals surface area (Å²) in [5, 5.41) is 3.69. The number of hydrogen-bond donors (Lipinski definition) is 1. The third-order valence-corrected chi connectivity index (χ3v) is 8.48. The van der Waals surface area contributed by atoms with E-state index in [4.69, 9.17) is 4.52 Å². The Hall–Kier alpha value is -2.28. The average Bonchev–Trinajstić information content (AvgIpc) is 3.43. The average molecular weight is 455 g/mol. The van der Waals surface area contributed by atoms with Crippen LogP contribution >= 0.6 is 0 Å². The molecule has 1 saturated heterocycles. The normalized spacial score (nSPS) is 18.5. The number of sulfonamides is 2. The first-order valence-corrected chi connectivity index (χ1v) is 12.4. The van der Waals surface area contributed by atoms with Crippen molar-refractivity contribution in [1.82, 2.24) is 19.1 Å². The summed E-state index contributed by atoms with van der Waals surface area (Å²) in [6, 6.07) is 6.70. The standard InChI is InChI=1S/C18H22N4O6S2/c1-13-12-17(28-19-13)18(23)21-8-10-22(11-9-21)30(26,27)16-6-4-15(5-7-16)29(24,25)20-14-2-3-14/h4-7,12,14,20H,2-3,8-11H2,1H3. The van der Waals surface area contributed by atoms with Gasteiger partial charge in [0, 0.05) is 38.3 Å². The number of hydrogen-bond acceptors (Lipinski definition) is 7.